The van der Waals surface area contributed by atoms with Crippen LogP contribution in [0.3, 0.4) is 0 Å². The quantitative estimate of drug-likeness (QED) is 0.826. The standard InChI is InChI=1S/C13H8ClFO2/c14-9-4-5-10(12(15)6-9)11-3-1-2-8(7-16)13(11)17/h1-7,17H. The summed E-state index contributed by atoms with van der Waals surface area (Å²) in [6, 6.07) is 8.71. The summed E-state index contributed by atoms with van der Waals surface area (Å²) in [7, 11) is 0. The van der Waals surface area contributed by atoms with E-state index < -0.39 is 5.82 Å². The molecule has 0 saturated carbocycles. The molecular formula is C13H8ClFO2. The van der Waals surface area contributed by atoms with Crippen molar-refractivity contribution < 1.29 is 14.3 Å². The Kier molecular flexibility index (Phi) is 3.11. The van der Waals surface area contributed by atoms with Crippen molar-refractivity contribution in [2.75, 3.05) is 0 Å². The van der Waals surface area contributed by atoms with E-state index in [0.717, 1.165) is 6.07 Å². The van der Waals surface area contributed by atoms with Gasteiger partial charge in [-0.1, -0.05) is 23.7 Å². The Morgan fingerprint density at radius 3 is 2.59 bits per heavy atom. The maximum Gasteiger partial charge on any atom is 0.153 e. The van der Waals surface area contributed by atoms with Gasteiger partial charge in [-0.15, -0.1) is 0 Å². The first-order chi connectivity index (χ1) is 8.13. The fourth-order valence-electron chi connectivity index (χ4n) is 1.58. The lowest BCUT2D eigenvalue weighted by atomic mass is 10.0. The van der Waals surface area contributed by atoms with Gasteiger partial charge in [-0.3, -0.25) is 4.79 Å². The lowest BCUT2D eigenvalue weighted by Crippen LogP contribution is -1.88. The third kappa shape index (κ3) is 2.15. The molecule has 0 atom stereocenters. The van der Waals surface area contributed by atoms with Crippen LogP contribution in [0.5, 0.6) is 5.75 Å². The summed E-state index contributed by atoms with van der Waals surface area (Å²) in [6.45, 7) is 0. The highest BCUT2D eigenvalue weighted by Crippen LogP contribution is 2.33. The zero-order chi connectivity index (χ0) is 12.4. The van der Waals surface area contributed by atoms with Gasteiger partial charge in [-0.25, -0.2) is 4.39 Å². The number of carbonyl (C=O) groups excluding carboxylic acids is 1. The largest absolute Gasteiger partial charge is 0.507 e. The number of aldehydes is 1. The second kappa shape index (κ2) is 4.55. The van der Waals surface area contributed by atoms with Crippen molar-refractivity contribution in [3.05, 3.63) is 52.8 Å². The van der Waals surface area contributed by atoms with Crippen molar-refractivity contribution in [1.82, 2.24) is 0 Å². The van der Waals surface area contributed by atoms with E-state index >= 15 is 0 Å². The van der Waals surface area contributed by atoms with Crippen molar-refractivity contribution >= 4 is 17.9 Å². The number of hydrogen-bond acceptors (Lipinski definition) is 2. The second-order valence-electron chi connectivity index (χ2n) is 3.49. The van der Waals surface area contributed by atoms with Crippen LogP contribution in [0.4, 0.5) is 4.39 Å². The van der Waals surface area contributed by atoms with E-state index in [1.807, 2.05) is 0 Å². The van der Waals surface area contributed by atoms with Crippen molar-refractivity contribution in [2.24, 2.45) is 0 Å². The molecule has 0 radical (unpaired) electrons. The topological polar surface area (TPSA) is 37.3 Å². The maximum absolute atomic E-state index is 13.7. The van der Waals surface area contributed by atoms with Crippen LogP contribution in [-0.2, 0) is 0 Å². The highest BCUT2D eigenvalue weighted by atomic mass is 35.5. The molecule has 17 heavy (non-hydrogen) atoms. The van der Waals surface area contributed by atoms with E-state index in [1.54, 1.807) is 6.07 Å². The molecule has 2 rings (SSSR count). The number of aromatic hydroxyl groups is 1. The molecule has 1 N–H and O–H groups in total. The highest BCUT2D eigenvalue weighted by molar-refractivity contribution is 6.30. The van der Waals surface area contributed by atoms with Gasteiger partial charge in [-0.05, 0) is 24.3 Å². The molecule has 0 fully saturated rings. The molecule has 0 aromatic heterocycles. The Balaban J connectivity index is 2.64. The third-order valence-corrected chi connectivity index (χ3v) is 2.65. The number of halogens is 2. The Bertz CT molecular complexity index is 582. The molecule has 2 nitrogen and oxygen atoms in total. The molecule has 0 amide bonds. The SMILES string of the molecule is O=Cc1cccc(-c2ccc(Cl)cc2F)c1O. The fraction of sp³-hybridized carbons (Fsp3) is 0. The summed E-state index contributed by atoms with van der Waals surface area (Å²) in [5.41, 5.74) is 0.594. The Morgan fingerprint density at radius 2 is 1.94 bits per heavy atom. The fourth-order valence-corrected chi connectivity index (χ4v) is 1.74. The van der Waals surface area contributed by atoms with E-state index in [-0.39, 0.29) is 27.5 Å². The molecule has 0 spiro atoms. The first-order valence-electron chi connectivity index (χ1n) is 4.86. The average molecular weight is 251 g/mol. The molecule has 4 heteroatoms. The number of hydrogen-bond donors (Lipinski definition) is 1. The lowest BCUT2D eigenvalue weighted by molar-refractivity contribution is 0.112. The number of phenolic OH excluding ortho intramolecular Hbond substituents is 1. The molecule has 86 valence electrons. The van der Waals surface area contributed by atoms with Crippen molar-refractivity contribution in [3.63, 3.8) is 0 Å². The first kappa shape index (κ1) is 11.6. The zero-order valence-electron chi connectivity index (χ0n) is 8.65. The van der Waals surface area contributed by atoms with Gasteiger partial charge in [0.2, 0.25) is 0 Å². The summed E-state index contributed by atoms with van der Waals surface area (Å²) in [6.07, 6.45) is 0.520. The molecular weight excluding hydrogens is 243 g/mol. The van der Waals surface area contributed by atoms with Crippen molar-refractivity contribution in [3.8, 4) is 16.9 Å². The summed E-state index contributed by atoms with van der Waals surface area (Å²) >= 11 is 5.64. The van der Waals surface area contributed by atoms with Gasteiger partial charge in [0.1, 0.15) is 11.6 Å². The maximum atomic E-state index is 13.7. The molecule has 2 aromatic rings. The number of phenols is 1. The van der Waals surface area contributed by atoms with Gasteiger partial charge in [0.25, 0.3) is 0 Å². The molecule has 0 aliphatic rings. The molecule has 0 bridgehead atoms. The van der Waals surface area contributed by atoms with E-state index in [0.29, 0.717) is 6.29 Å². The minimum atomic E-state index is -0.546. The van der Waals surface area contributed by atoms with Crippen LogP contribution in [0, 0.1) is 5.82 Å². The first-order valence-corrected chi connectivity index (χ1v) is 5.24. The summed E-state index contributed by atoms with van der Waals surface area (Å²) in [4.78, 5) is 10.7. The molecule has 0 saturated heterocycles. The van der Waals surface area contributed by atoms with Crippen molar-refractivity contribution in [2.45, 2.75) is 0 Å². The molecule has 0 heterocycles. The van der Waals surface area contributed by atoms with Gasteiger partial charge >= 0.3 is 0 Å². The molecule has 0 unspecified atom stereocenters. The summed E-state index contributed by atoms with van der Waals surface area (Å²) in [5.74, 6) is -0.778. The molecule has 0 aliphatic carbocycles. The number of carbonyl (C=O) groups is 1. The predicted octanol–water partition coefficient (Wildman–Crippen LogP) is 3.66. The van der Waals surface area contributed by atoms with Crippen LogP contribution in [0.25, 0.3) is 11.1 Å². The van der Waals surface area contributed by atoms with Crippen LogP contribution in [0.15, 0.2) is 36.4 Å². The Morgan fingerprint density at radius 1 is 1.18 bits per heavy atom. The highest BCUT2D eigenvalue weighted by Gasteiger charge is 2.12. The van der Waals surface area contributed by atoms with Crippen LogP contribution in [-0.4, -0.2) is 11.4 Å². The lowest BCUT2D eigenvalue weighted by Gasteiger charge is -2.07. The normalized spacial score (nSPS) is 10.2. The van der Waals surface area contributed by atoms with Crippen molar-refractivity contribution in [1.29, 1.82) is 0 Å². The minimum Gasteiger partial charge on any atom is -0.507 e. The van der Waals surface area contributed by atoms with Gasteiger partial charge < -0.3 is 5.11 Å². The summed E-state index contributed by atoms with van der Waals surface area (Å²) < 4.78 is 13.7. The van der Waals surface area contributed by atoms with E-state index in [9.17, 15) is 14.3 Å². The van der Waals surface area contributed by atoms with Gasteiger partial charge in [-0.2, -0.15) is 0 Å². The van der Waals surface area contributed by atoms with E-state index in [4.69, 9.17) is 11.6 Å². The van der Waals surface area contributed by atoms with Crippen LogP contribution in [0.2, 0.25) is 5.02 Å². The average Bonchev–Trinajstić information content (AvgIpc) is 2.30. The van der Waals surface area contributed by atoms with E-state index in [1.165, 1.54) is 24.3 Å². The Hall–Kier alpha value is -1.87. The number of rotatable bonds is 2. The third-order valence-electron chi connectivity index (χ3n) is 2.42. The van der Waals surface area contributed by atoms with Crippen LogP contribution in [0.1, 0.15) is 10.4 Å². The van der Waals surface area contributed by atoms with Gasteiger partial charge in [0, 0.05) is 16.1 Å². The number of para-hydroxylation sites is 1. The van der Waals surface area contributed by atoms with Crippen LogP contribution >= 0.6 is 11.6 Å². The van der Waals surface area contributed by atoms with E-state index in [2.05, 4.69) is 0 Å². The summed E-state index contributed by atoms with van der Waals surface area (Å²) in [5, 5.41) is 10.1. The molecule has 2 aromatic carbocycles. The minimum absolute atomic E-state index is 0.122. The van der Waals surface area contributed by atoms with Gasteiger partial charge in [0.15, 0.2) is 6.29 Å². The van der Waals surface area contributed by atoms with Gasteiger partial charge in [0.05, 0.1) is 5.56 Å². The predicted molar refractivity (Wildman–Crippen MR) is 63.9 cm³/mol. The van der Waals surface area contributed by atoms with Crippen LogP contribution < -0.4 is 0 Å². The monoisotopic (exact) mass is 250 g/mol. The number of benzene rings is 2. The zero-order valence-corrected chi connectivity index (χ0v) is 9.41. The Labute approximate surface area is 102 Å². The smallest absolute Gasteiger partial charge is 0.153 e. The molecule has 0 aliphatic heterocycles. The second-order valence-corrected chi connectivity index (χ2v) is 3.92.